The number of halogens is 1. The van der Waals surface area contributed by atoms with Crippen molar-refractivity contribution < 1.29 is 9.59 Å². The SMILES string of the molecule is O=C(c1ccc(I)cc1)N1CCN2C(=O)CCC2C1. The van der Waals surface area contributed by atoms with Crippen molar-refractivity contribution in [3.8, 4) is 0 Å². The number of fused-ring (bicyclic) bond motifs is 1. The lowest BCUT2D eigenvalue weighted by Gasteiger charge is -2.37. The Bertz CT molecular complexity index is 515. The van der Waals surface area contributed by atoms with Gasteiger partial charge < -0.3 is 9.80 Å². The summed E-state index contributed by atoms with van der Waals surface area (Å²) in [7, 11) is 0. The average Bonchev–Trinajstić information content (AvgIpc) is 2.80. The molecule has 0 saturated carbocycles. The van der Waals surface area contributed by atoms with Crippen LogP contribution in [0.25, 0.3) is 0 Å². The van der Waals surface area contributed by atoms with Crippen LogP contribution in [0.1, 0.15) is 23.2 Å². The molecule has 19 heavy (non-hydrogen) atoms. The van der Waals surface area contributed by atoms with Gasteiger partial charge in [-0.25, -0.2) is 0 Å². The van der Waals surface area contributed by atoms with Crippen molar-refractivity contribution in [2.24, 2.45) is 0 Å². The Morgan fingerprint density at radius 3 is 2.68 bits per heavy atom. The minimum absolute atomic E-state index is 0.0791. The first-order valence-electron chi connectivity index (χ1n) is 6.49. The van der Waals surface area contributed by atoms with E-state index in [1.807, 2.05) is 34.1 Å². The molecule has 2 fully saturated rings. The van der Waals surface area contributed by atoms with Crippen molar-refractivity contribution in [1.82, 2.24) is 9.80 Å². The lowest BCUT2D eigenvalue weighted by Crippen LogP contribution is -2.53. The van der Waals surface area contributed by atoms with Gasteiger partial charge in [-0.05, 0) is 53.3 Å². The summed E-state index contributed by atoms with van der Waals surface area (Å²) in [6.45, 7) is 2.00. The Morgan fingerprint density at radius 1 is 1.21 bits per heavy atom. The normalized spacial score (nSPS) is 22.6. The van der Waals surface area contributed by atoms with E-state index >= 15 is 0 Å². The second-order valence-corrected chi connectivity index (χ2v) is 6.28. The van der Waals surface area contributed by atoms with Crippen LogP contribution in [0.15, 0.2) is 24.3 Å². The number of piperazine rings is 1. The van der Waals surface area contributed by atoms with E-state index in [-0.39, 0.29) is 17.9 Å². The van der Waals surface area contributed by atoms with Crippen LogP contribution in [-0.4, -0.2) is 47.3 Å². The lowest BCUT2D eigenvalue weighted by molar-refractivity contribution is -0.130. The van der Waals surface area contributed by atoms with Crippen LogP contribution in [0.2, 0.25) is 0 Å². The number of hydrogen-bond donors (Lipinski definition) is 0. The predicted octanol–water partition coefficient (Wildman–Crippen LogP) is 1.74. The zero-order valence-corrected chi connectivity index (χ0v) is 12.7. The molecule has 1 aromatic rings. The maximum absolute atomic E-state index is 12.4. The third-order valence-corrected chi connectivity index (χ3v) is 4.59. The van der Waals surface area contributed by atoms with E-state index in [1.165, 1.54) is 0 Å². The van der Waals surface area contributed by atoms with Crippen LogP contribution in [0.5, 0.6) is 0 Å². The molecule has 0 radical (unpaired) electrons. The van der Waals surface area contributed by atoms with E-state index in [1.54, 1.807) is 0 Å². The van der Waals surface area contributed by atoms with Gasteiger partial charge in [0.1, 0.15) is 0 Å². The molecule has 1 atom stereocenters. The molecule has 0 aliphatic carbocycles. The Morgan fingerprint density at radius 2 is 1.95 bits per heavy atom. The second-order valence-electron chi connectivity index (χ2n) is 5.04. The molecule has 2 aliphatic heterocycles. The fraction of sp³-hybridized carbons (Fsp3) is 0.429. The molecular formula is C14H15IN2O2. The zero-order valence-electron chi connectivity index (χ0n) is 10.5. The smallest absolute Gasteiger partial charge is 0.253 e. The number of rotatable bonds is 1. The van der Waals surface area contributed by atoms with E-state index in [0.29, 0.717) is 26.1 Å². The average molecular weight is 370 g/mol. The van der Waals surface area contributed by atoms with Crippen molar-refractivity contribution in [1.29, 1.82) is 0 Å². The highest BCUT2D eigenvalue weighted by Gasteiger charge is 2.36. The quantitative estimate of drug-likeness (QED) is 0.707. The van der Waals surface area contributed by atoms with Crippen LogP contribution in [0.3, 0.4) is 0 Å². The number of carbonyl (C=O) groups is 2. The molecule has 3 rings (SSSR count). The monoisotopic (exact) mass is 370 g/mol. The highest BCUT2D eigenvalue weighted by atomic mass is 127. The van der Waals surface area contributed by atoms with Crippen molar-refractivity contribution in [3.05, 3.63) is 33.4 Å². The topological polar surface area (TPSA) is 40.6 Å². The molecule has 2 amide bonds. The van der Waals surface area contributed by atoms with Crippen molar-refractivity contribution in [3.63, 3.8) is 0 Å². The van der Waals surface area contributed by atoms with Gasteiger partial charge in [-0.15, -0.1) is 0 Å². The number of nitrogens with zero attached hydrogens (tertiary/aromatic N) is 2. The number of amides is 2. The van der Waals surface area contributed by atoms with Gasteiger partial charge in [0.25, 0.3) is 5.91 Å². The number of benzene rings is 1. The standard InChI is InChI=1S/C14H15IN2O2/c15-11-3-1-10(2-4-11)14(19)16-7-8-17-12(9-16)5-6-13(17)18/h1-4,12H,5-9H2. The highest BCUT2D eigenvalue weighted by molar-refractivity contribution is 14.1. The summed E-state index contributed by atoms with van der Waals surface area (Å²) in [5, 5.41) is 0. The van der Waals surface area contributed by atoms with Gasteiger partial charge in [0.2, 0.25) is 5.91 Å². The van der Waals surface area contributed by atoms with E-state index in [2.05, 4.69) is 22.6 Å². The van der Waals surface area contributed by atoms with Gasteiger partial charge in [0.15, 0.2) is 0 Å². The van der Waals surface area contributed by atoms with E-state index < -0.39 is 0 Å². The van der Waals surface area contributed by atoms with Crippen molar-refractivity contribution >= 4 is 34.4 Å². The molecule has 1 unspecified atom stereocenters. The first kappa shape index (κ1) is 12.9. The van der Waals surface area contributed by atoms with E-state index in [4.69, 9.17) is 0 Å². The van der Waals surface area contributed by atoms with Gasteiger partial charge in [-0.2, -0.15) is 0 Å². The van der Waals surface area contributed by atoms with Crippen LogP contribution < -0.4 is 0 Å². The fourth-order valence-corrected chi connectivity index (χ4v) is 3.18. The molecule has 100 valence electrons. The van der Waals surface area contributed by atoms with Gasteiger partial charge in [-0.1, -0.05) is 0 Å². The summed E-state index contributed by atoms with van der Waals surface area (Å²) in [5.74, 6) is 0.321. The molecule has 2 heterocycles. The summed E-state index contributed by atoms with van der Waals surface area (Å²) in [6.07, 6.45) is 1.52. The van der Waals surface area contributed by atoms with Crippen LogP contribution in [0, 0.1) is 3.57 Å². The van der Waals surface area contributed by atoms with Crippen LogP contribution in [-0.2, 0) is 4.79 Å². The van der Waals surface area contributed by atoms with Crippen molar-refractivity contribution in [2.45, 2.75) is 18.9 Å². The molecule has 0 aromatic heterocycles. The molecule has 0 bridgehead atoms. The van der Waals surface area contributed by atoms with Crippen LogP contribution in [0.4, 0.5) is 0 Å². The predicted molar refractivity (Wildman–Crippen MR) is 79.8 cm³/mol. The first-order chi connectivity index (χ1) is 9.15. The van der Waals surface area contributed by atoms with Crippen molar-refractivity contribution in [2.75, 3.05) is 19.6 Å². The Kier molecular flexibility index (Phi) is 3.47. The molecule has 2 aliphatic rings. The Balaban J connectivity index is 1.72. The van der Waals surface area contributed by atoms with Gasteiger partial charge in [0.05, 0.1) is 0 Å². The second kappa shape index (κ2) is 5.11. The molecular weight excluding hydrogens is 355 g/mol. The minimum Gasteiger partial charge on any atom is -0.336 e. The molecule has 2 saturated heterocycles. The van der Waals surface area contributed by atoms with E-state index in [0.717, 1.165) is 15.6 Å². The minimum atomic E-state index is 0.0791. The maximum Gasteiger partial charge on any atom is 0.253 e. The fourth-order valence-electron chi connectivity index (χ4n) is 2.82. The molecule has 5 heteroatoms. The summed E-state index contributed by atoms with van der Waals surface area (Å²) >= 11 is 2.23. The molecule has 0 spiro atoms. The molecule has 4 nitrogen and oxygen atoms in total. The Labute approximate surface area is 125 Å². The summed E-state index contributed by atoms with van der Waals surface area (Å²) in [4.78, 5) is 27.8. The zero-order chi connectivity index (χ0) is 13.4. The maximum atomic E-state index is 12.4. The highest BCUT2D eigenvalue weighted by Crippen LogP contribution is 2.23. The third-order valence-electron chi connectivity index (χ3n) is 3.87. The number of carbonyl (C=O) groups excluding carboxylic acids is 2. The lowest BCUT2D eigenvalue weighted by atomic mass is 10.1. The Hall–Kier alpha value is -1.11. The van der Waals surface area contributed by atoms with Gasteiger partial charge in [-0.3, -0.25) is 9.59 Å². The molecule has 1 aromatic carbocycles. The van der Waals surface area contributed by atoms with Crippen LogP contribution >= 0.6 is 22.6 Å². The third kappa shape index (κ3) is 2.48. The largest absolute Gasteiger partial charge is 0.336 e. The summed E-state index contributed by atoms with van der Waals surface area (Å²) in [6, 6.07) is 7.87. The van der Waals surface area contributed by atoms with Gasteiger partial charge in [0, 0.05) is 41.2 Å². The van der Waals surface area contributed by atoms with E-state index in [9.17, 15) is 9.59 Å². The molecule has 0 N–H and O–H groups in total. The number of hydrogen-bond acceptors (Lipinski definition) is 2. The summed E-state index contributed by atoms with van der Waals surface area (Å²) < 4.78 is 1.13. The summed E-state index contributed by atoms with van der Waals surface area (Å²) in [5.41, 5.74) is 0.734. The van der Waals surface area contributed by atoms with Gasteiger partial charge >= 0.3 is 0 Å². The first-order valence-corrected chi connectivity index (χ1v) is 7.57.